The van der Waals surface area contributed by atoms with E-state index in [2.05, 4.69) is 5.32 Å². The number of rotatable bonds is 3. The van der Waals surface area contributed by atoms with Crippen LogP contribution >= 0.6 is 0 Å². The van der Waals surface area contributed by atoms with Gasteiger partial charge >= 0.3 is 11.9 Å². The number of aliphatic carboxylic acids is 2. The molecular formula is C13H20N2O5. The highest BCUT2D eigenvalue weighted by Crippen LogP contribution is 2.25. The molecule has 3 atom stereocenters. The Labute approximate surface area is 116 Å². The van der Waals surface area contributed by atoms with Gasteiger partial charge in [-0.1, -0.05) is 6.42 Å². The van der Waals surface area contributed by atoms with E-state index in [4.69, 9.17) is 10.2 Å². The molecule has 3 N–H and O–H groups in total. The summed E-state index contributed by atoms with van der Waals surface area (Å²) in [5.41, 5.74) is 0. The number of nitrogens with one attached hydrogen (secondary N) is 1. The first kappa shape index (κ1) is 14.8. The molecule has 0 saturated carbocycles. The predicted molar refractivity (Wildman–Crippen MR) is 69.1 cm³/mol. The maximum absolute atomic E-state index is 12.3. The van der Waals surface area contributed by atoms with E-state index in [0.717, 1.165) is 25.8 Å². The Morgan fingerprint density at radius 3 is 2.25 bits per heavy atom. The van der Waals surface area contributed by atoms with Crippen LogP contribution in [0.15, 0.2) is 0 Å². The third-order valence-electron chi connectivity index (χ3n) is 4.17. The summed E-state index contributed by atoms with van der Waals surface area (Å²) in [5.74, 6) is -4.27. The standard InChI is InChI=1S/C13H20N2O5/c16-11(10-3-1-2-5-14-10)15-6-4-8(12(17)18)9(7-15)13(19)20/h8-10,14H,1-7H2,(H,17,18)(H,19,20)/t8?,9?,10-/m0/s1. The number of carbonyl (C=O) groups excluding carboxylic acids is 1. The van der Waals surface area contributed by atoms with Gasteiger partial charge in [0.2, 0.25) is 5.91 Å². The van der Waals surface area contributed by atoms with E-state index < -0.39 is 23.8 Å². The molecule has 1 amide bonds. The molecule has 7 nitrogen and oxygen atoms in total. The highest BCUT2D eigenvalue weighted by molar-refractivity contribution is 5.85. The number of carboxylic acid groups (broad SMARTS) is 2. The van der Waals surface area contributed by atoms with Crippen molar-refractivity contribution in [1.29, 1.82) is 0 Å². The van der Waals surface area contributed by atoms with E-state index >= 15 is 0 Å². The first-order valence-corrected chi connectivity index (χ1v) is 6.98. The fraction of sp³-hybridized carbons (Fsp3) is 0.769. The summed E-state index contributed by atoms with van der Waals surface area (Å²) in [7, 11) is 0. The molecular weight excluding hydrogens is 264 g/mol. The van der Waals surface area contributed by atoms with E-state index in [1.165, 1.54) is 4.90 Å². The van der Waals surface area contributed by atoms with Crippen molar-refractivity contribution in [2.75, 3.05) is 19.6 Å². The van der Waals surface area contributed by atoms with Gasteiger partial charge in [0.25, 0.3) is 0 Å². The number of carbonyl (C=O) groups is 3. The second kappa shape index (κ2) is 6.21. The van der Waals surface area contributed by atoms with Crippen LogP contribution in [0.2, 0.25) is 0 Å². The first-order valence-electron chi connectivity index (χ1n) is 6.98. The molecule has 0 aromatic heterocycles. The molecule has 7 heteroatoms. The van der Waals surface area contributed by atoms with Gasteiger partial charge in [0.05, 0.1) is 17.9 Å². The van der Waals surface area contributed by atoms with Crippen molar-refractivity contribution < 1.29 is 24.6 Å². The van der Waals surface area contributed by atoms with Gasteiger partial charge in [0.15, 0.2) is 0 Å². The molecule has 2 unspecified atom stereocenters. The summed E-state index contributed by atoms with van der Waals surface area (Å²) >= 11 is 0. The van der Waals surface area contributed by atoms with Gasteiger partial charge in [-0.15, -0.1) is 0 Å². The lowest BCUT2D eigenvalue weighted by atomic mass is 9.85. The predicted octanol–water partition coefficient (Wildman–Crippen LogP) is -0.238. The number of piperidine rings is 2. The van der Waals surface area contributed by atoms with Crippen LogP contribution in [0.3, 0.4) is 0 Å². The van der Waals surface area contributed by atoms with Gasteiger partial charge in [0.1, 0.15) is 0 Å². The topological polar surface area (TPSA) is 107 Å². The van der Waals surface area contributed by atoms with Crippen molar-refractivity contribution in [3.8, 4) is 0 Å². The van der Waals surface area contributed by atoms with Gasteiger partial charge in [-0.3, -0.25) is 14.4 Å². The zero-order valence-corrected chi connectivity index (χ0v) is 11.2. The normalized spacial score (nSPS) is 30.8. The van der Waals surface area contributed by atoms with Gasteiger partial charge in [-0.05, 0) is 25.8 Å². The third kappa shape index (κ3) is 3.09. The average Bonchev–Trinajstić information content (AvgIpc) is 2.46. The highest BCUT2D eigenvalue weighted by Gasteiger charge is 2.41. The molecule has 0 aliphatic carbocycles. The first-order chi connectivity index (χ1) is 9.50. The largest absolute Gasteiger partial charge is 0.481 e. The zero-order chi connectivity index (χ0) is 14.7. The number of hydrogen-bond donors (Lipinski definition) is 3. The van der Waals surface area contributed by atoms with E-state index in [1.807, 2.05) is 0 Å². The number of hydrogen-bond acceptors (Lipinski definition) is 4. The minimum Gasteiger partial charge on any atom is -0.481 e. The van der Waals surface area contributed by atoms with Crippen LogP contribution in [0, 0.1) is 11.8 Å². The number of amides is 1. The minimum absolute atomic E-state index is 0.0106. The molecule has 2 aliphatic heterocycles. The quantitative estimate of drug-likeness (QED) is 0.660. The smallest absolute Gasteiger partial charge is 0.309 e. The zero-order valence-electron chi connectivity index (χ0n) is 11.2. The molecule has 0 radical (unpaired) electrons. The fourth-order valence-electron chi connectivity index (χ4n) is 2.98. The Bertz CT molecular complexity index is 406. The van der Waals surface area contributed by atoms with Gasteiger partial charge in [-0.2, -0.15) is 0 Å². The fourth-order valence-corrected chi connectivity index (χ4v) is 2.98. The van der Waals surface area contributed by atoms with Crippen molar-refractivity contribution in [2.45, 2.75) is 31.7 Å². The summed E-state index contributed by atoms with van der Waals surface area (Å²) in [4.78, 5) is 36.1. The maximum Gasteiger partial charge on any atom is 0.309 e. The molecule has 20 heavy (non-hydrogen) atoms. The average molecular weight is 284 g/mol. The second-order valence-electron chi connectivity index (χ2n) is 5.46. The van der Waals surface area contributed by atoms with E-state index in [9.17, 15) is 14.4 Å². The Kier molecular flexibility index (Phi) is 4.59. The van der Waals surface area contributed by atoms with Gasteiger partial charge in [-0.25, -0.2) is 0 Å². The van der Waals surface area contributed by atoms with Crippen molar-refractivity contribution >= 4 is 17.8 Å². The Hall–Kier alpha value is -1.63. The molecule has 0 bridgehead atoms. The second-order valence-corrected chi connectivity index (χ2v) is 5.46. The number of nitrogens with zero attached hydrogens (tertiary/aromatic N) is 1. The lowest BCUT2D eigenvalue weighted by Gasteiger charge is -2.37. The highest BCUT2D eigenvalue weighted by atomic mass is 16.4. The Balaban J connectivity index is 2.02. The molecule has 0 aromatic carbocycles. The molecule has 2 saturated heterocycles. The molecule has 0 spiro atoms. The molecule has 2 rings (SSSR count). The van der Waals surface area contributed by atoms with E-state index in [0.29, 0.717) is 6.54 Å². The van der Waals surface area contributed by atoms with Crippen molar-refractivity contribution in [3.63, 3.8) is 0 Å². The summed E-state index contributed by atoms with van der Waals surface area (Å²) < 4.78 is 0. The molecule has 112 valence electrons. The number of carboxylic acids is 2. The summed E-state index contributed by atoms with van der Waals surface area (Å²) in [5, 5.41) is 21.3. The summed E-state index contributed by atoms with van der Waals surface area (Å²) in [6, 6.07) is -0.250. The summed E-state index contributed by atoms with van der Waals surface area (Å²) in [6.45, 7) is 1.10. The van der Waals surface area contributed by atoms with Gasteiger partial charge in [0, 0.05) is 13.1 Å². The number of likely N-dealkylation sites (tertiary alicyclic amines) is 1. The van der Waals surface area contributed by atoms with Crippen molar-refractivity contribution in [2.24, 2.45) is 11.8 Å². The van der Waals surface area contributed by atoms with Crippen molar-refractivity contribution in [1.82, 2.24) is 10.2 Å². The third-order valence-corrected chi connectivity index (χ3v) is 4.17. The van der Waals surface area contributed by atoms with Crippen LogP contribution < -0.4 is 5.32 Å². The van der Waals surface area contributed by atoms with Crippen molar-refractivity contribution in [3.05, 3.63) is 0 Å². The lowest BCUT2D eigenvalue weighted by Crippen LogP contribution is -2.54. The molecule has 2 fully saturated rings. The maximum atomic E-state index is 12.3. The van der Waals surface area contributed by atoms with E-state index in [-0.39, 0.29) is 24.9 Å². The van der Waals surface area contributed by atoms with Crippen LogP contribution in [0.1, 0.15) is 25.7 Å². The Morgan fingerprint density at radius 2 is 1.70 bits per heavy atom. The monoisotopic (exact) mass is 284 g/mol. The molecule has 2 aliphatic rings. The summed E-state index contributed by atoms with van der Waals surface area (Å²) in [6.07, 6.45) is 2.99. The molecule has 0 aromatic rings. The minimum atomic E-state index is -1.15. The van der Waals surface area contributed by atoms with Crippen LogP contribution in [0.25, 0.3) is 0 Å². The SMILES string of the molecule is O=C(O)C1CCN(C(=O)[C@@H]2CCCCN2)CC1C(=O)O. The lowest BCUT2D eigenvalue weighted by molar-refractivity contribution is -0.159. The van der Waals surface area contributed by atoms with Gasteiger partial charge < -0.3 is 20.4 Å². The van der Waals surface area contributed by atoms with E-state index in [1.54, 1.807) is 0 Å². The molecule has 2 heterocycles. The van der Waals surface area contributed by atoms with Crippen LogP contribution in [0.4, 0.5) is 0 Å². The van der Waals surface area contributed by atoms with Crippen LogP contribution in [-0.4, -0.2) is 58.6 Å². The van der Waals surface area contributed by atoms with Crippen LogP contribution in [0.5, 0.6) is 0 Å². The Morgan fingerprint density at radius 1 is 1.00 bits per heavy atom. The van der Waals surface area contributed by atoms with Crippen LogP contribution in [-0.2, 0) is 14.4 Å².